The number of para-hydroxylation sites is 2. The zero-order valence-corrected chi connectivity index (χ0v) is 14.0. The number of anilines is 1. The normalized spacial score (nSPS) is 16.2. The molecule has 1 atom stereocenters. The molecule has 0 fully saturated rings. The van der Waals surface area contributed by atoms with Gasteiger partial charge in [0.05, 0.1) is 12.2 Å². The van der Waals surface area contributed by atoms with Gasteiger partial charge in [0, 0.05) is 18.1 Å². The molecule has 1 amide bonds. The van der Waals surface area contributed by atoms with Crippen LogP contribution < -0.4 is 9.64 Å². The van der Waals surface area contributed by atoms with Gasteiger partial charge in [-0.3, -0.25) is 4.79 Å². The average molecular weight is 335 g/mol. The summed E-state index contributed by atoms with van der Waals surface area (Å²) in [7, 11) is 0. The maximum Gasteiger partial charge on any atom is 0.258 e. The van der Waals surface area contributed by atoms with Gasteiger partial charge in [-0.1, -0.05) is 12.1 Å². The van der Waals surface area contributed by atoms with Crippen LogP contribution in [0.4, 0.5) is 5.69 Å². The molecule has 1 unspecified atom stereocenters. The second-order valence-corrected chi connectivity index (χ2v) is 6.02. The van der Waals surface area contributed by atoms with E-state index in [1.165, 1.54) is 0 Å². The van der Waals surface area contributed by atoms with Gasteiger partial charge in [0.2, 0.25) is 11.8 Å². The standard InChI is InChI=1S/C19H17N3O3/c1-12-11-22(16-5-3-4-6-17(16)24-12)19(23)15-9-7-14(8-10-15)18-21-20-13(2)25-18/h3-10,12H,11H2,1-2H3. The number of hydrogen-bond acceptors (Lipinski definition) is 5. The van der Waals surface area contributed by atoms with Crippen molar-refractivity contribution in [1.29, 1.82) is 0 Å². The third-order valence-electron chi connectivity index (χ3n) is 4.07. The van der Waals surface area contributed by atoms with Crippen molar-refractivity contribution in [2.45, 2.75) is 20.0 Å². The summed E-state index contributed by atoms with van der Waals surface area (Å²) in [6, 6.07) is 14.8. The molecule has 6 nitrogen and oxygen atoms in total. The molecule has 0 saturated heterocycles. The van der Waals surface area contributed by atoms with E-state index in [1.807, 2.05) is 43.3 Å². The predicted molar refractivity (Wildman–Crippen MR) is 92.7 cm³/mol. The molecular formula is C19H17N3O3. The van der Waals surface area contributed by atoms with E-state index in [-0.39, 0.29) is 12.0 Å². The summed E-state index contributed by atoms with van der Waals surface area (Å²) in [6.45, 7) is 4.21. The Morgan fingerprint density at radius 1 is 1.12 bits per heavy atom. The number of carbonyl (C=O) groups is 1. The Balaban J connectivity index is 1.63. The van der Waals surface area contributed by atoms with E-state index in [1.54, 1.807) is 24.0 Å². The highest BCUT2D eigenvalue weighted by molar-refractivity contribution is 6.07. The van der Waals surface area contributed by atoms with Crippen LogP contribution >= 0.6 is 0 Å². The van der Waals surface area contributed by atoms with Crippen LogP contribution in [0.15, 0.2) is 52.9 Å². The largest absolute Gasteiger partial charge is 0.487 e. The fourth-order valence-corrected chi connectivity index (χ4v) is 2.91. The summed E-state index contributed by atoms with van der Waals surface area (Å²) in [6.07, 6.45) is -0.0560. The van der Waals surface area contributed by atoms with E-state index in [4.69, 9.17) is 9.15 Å². The van der Waals surface area contributed by atoms with Crippen LogP contribution in [0.1, 0.15) is 23.2 Å². The minimum Gasteiger partial charge on any atom is -0.487 e. The zero-order valence-electron chi connectivity index (χ0n) is 14.0. The fraction of sp³-hybridized carbons (Fsp3) is 0.211. The van der Waals surface area contributed by atoms with Gasteiger partial charge in [0.1, 0.15) is 11.9 Å². The number of nitrogens with zero attached hydrogens (tertiary/aromatic N) is 3. The summed E-state index contributed by atoms with van der Waals surface area (Å²) >= 11 is 0. The van der Waals surface area contributed by atoms with Gasteiger partial charge in [-0.05, 0) is 43.3 Å². The number of hydrogen-bond donors (Lipinski definition) is 0. The highest BCUT2D eigenvalue weighted by Gasteiger charge is 2.28. The summed E-state index contributed by atoms with van der Waals surface area (Å²) in [5, 5.41) is 7.81. The Kier molecular flexibility index (Phi) is 3.72. The van der Waals surface area contributed by atoms with Crippen molar-refractivity contribution < 1.29 is 13.9 Å². The monoisotopic (exact) mass is 335 g/mol. The SMILES string of the molecule is Cc1nnc(-c2ccc(C(=O)N3CC(C)Oc4ccccc43)cc2)o1. The van der Waals surface area contributed by atoms with Crippen LogP contribution in [0.3, 0.4) is 0 Å². The lowest BCUT2D eigenvalue weighted by molar-refractivity contribution is 0.0961. The van der Waals surface area contributed by atoms with Crippen LogP contribution in [-0.2, 0) is 0 Å². The second kappa shape index (κ2) is 6.05. The van der Waals surface area contributed by atoms with Gasteiger partial charge in [0.15, 0.2) is 0 Å². The number of carbonyl (C=O) groups excluding carboxylic acids is 1. The van der Waals surface area contributed by atoms with Crippen molar-refractivity contribution in [1.82, 2.24) is 10.2 Å². The molecule has 0 aliphatic carbocycles. The highest BCUT2D eigenvalue weighted by Crippen LogP contribution is 2.34. The molecule has 0 spiro atoms. The molecule has 2 aromatic carbocycles. The number of benzene rings is 2. The minimum absolute atomic E-state index is 0.0560. The molecule has 4 rings (SSSR count). The maximum atomic E-state index is 13.0. The number of amides is 1. The smallest absolute Gasteiger partial charge is 0.258 e. The van der Waals surface area contributed by atoms with Crippen molar-refractivity contribution in [2.75, 3.05) is 11.4 Å². The minimum atomic E-state index is -0.0594. The van der Waals surface area contributed by atoms with E-state index < -0.39 is 0 Å². The molecule has 126 valence electrons. The summed E-state index contributed by atoms with van der Waals surface area (Å²) in [4.78, 5) is 14.7. The molecular weight excluding hydrogens is 318 g/mol. The van der Waals surface area contributed by atoms with Crippen molar-refractivity contribution in [3.63, 3.8) is 0 Å². The zero-order chi connectivity index (χ0) is 17.4. The van der Waals surface area contributed by atoms with Gasteiger partial charge in [-0.25, -0.2) is 0 Å². The van der Waals surface area contributed by atoms with Crippen molar-refractivity contribution in [2.24, 2.45) is 0 Å². The molecule has 1 aliphatic heterocycles. The number of rotatable bonds is 2. The first-order chi connectivity index (χ1) is 12.1. The number of aryl methyl sites for hydroxylation is 1. The molecule has 0 saturated carbocycles. The second-order valence-electron chi connectivity index (χ2n) is 6.02. The fourth-order valence-electron chi connectivity index (χ4n) is 2.91. The molecule has 6 heteroatoms. The maximum absolute atomic E-state index is 13.0. The summed E-state index contributed by atoms with van der Waals surface area (Å²) in [5.41, 5.74) is 2.18. The lowest BCUT2D eigenvalue weighted by Crippen LogP contribution is -2.42. The van der Waals surface area contributed by atoms with Gasteiger partial charge in [-0.15, -0.1) is 10.2 Å². The van der Waals surface area contributed by atoms with E-state index in [9.17, 15) is 4.79 Å². The molecule has 1 aliphatic rings. The van der Waals surface area contributed by atoms with Crippen molar-refractivity contribution in [3.8, 4) is 17.2 Å². The van der Waals surface area contributed by atoms with E-state index in [0.29, 0.717) is 23.9 Å². The first-order valence-corrected chi connectivity index (χ1v) is 8.10. The van der Waals surface area contributed by atoms with Crippen LogP contribution in [-0.4, -0.2) is 28.8 Å². The molecule has 2 heterocycles. The van der Waals surface area contributed by atoms with Gasteiger partial charge < -0.3 is 14.1 Å². The molecule has 0 N–H and O–H groups in total. The Hall–Kier alpha value is -3.15. The Bertz CT molecular complexity index is 918. The van der Waals surface area contributed by atoms with Gasteiger partial charge in [-0.2, -0.15) is 0 Å². The average Bonchev–Trinajstić information content (AvgIpc) is 3.07. The highest BCUT2D eigenvalue weighted by atomic mass is 16.5. The first-order valence-electron chi connectivity index (χ1n) is 8.10. The number of ether oxygens (including phenoxy) is 1. The van der Waals surface area contributed by atoms with Crippen LogP contribution in [0.5, 0.6) is 5.75 Å². The lowest BCUT2D eigenvalue weighted by atomic mass is 10.1. The first kappa shape index (κ1) is 15.4. The molecule has 25 heavy (non-hydrogen) atoms. The van der Waals surface area contributed by atoms with Gasteiger partial charge in [0.25, 0.3) is 5.91 Å². The van der Waals surface area contributed by atoms with E-state index >= 15 is 0 Å². The van der Waals surface area contributed by atoms with Crippen molar-refractivity contribution >= 4 is 11.6 Å². The van der Waals surface area contributed by atoms with Crippen LogP contribution in [0, 0.1) is 6.92 Å². The topological polar surface area (TPSA) is 68.5 Å². The summed E-state index contributed by atoms with van der Waals surface area (Å²) < 4.78 is 11.2. The number of aromatic nitrogens is 2. The summed E-state index contributed by atoms with van der Waals surface area (Å²) in [5.74, 6) is 1.62. The molecule has 1 aromatic heterocycles. The quantitative estimate of drug-likeness (QED) is 0.717. The van der Waals surface area contributed by atoms with Crippen molar-refractivity contribution in [3.05, 3.63) is 60.0 Å². The molecule has 0 radical (unpaired) electrons. The lowest BCUT2D eigenvalue weighted by Gasteiger charge is -2.33. The third kappa shape index (κ3) is 2.87. The Morgan fingerprint density at radius 3 is 2.60 bits per heavy atom. The van der Waals surface area contributed by atoms with E-state index in [2.05, 4.69) is 10.2 Å². The van der Waals surface area contributed by atoms with E-state index in [0.717, 1.165) is 17.0 Å². The molecule has 0 bridgehead atoms. The number of fused-ring (bicyclic) bond motifs is 1. The van der Waals surface area contributed by atoms with Crippen LogP contribution in [0.25, 0.3) is 11.5 Å². The van der Waals surface area contributed by atoms with Crippen LogP contribution in [0.2, 0.25) is 0 Å². The Labute approximate surface area is 145 Å². The van der Waals surface area contributed by atoms with Gasteiger partial charge >= 0.3 is 0 Å². The third-order valence-corrected chi connectivity index (χ3v) is 4.07. The Morgan fingerprint density at radius 2 is 1.88 bits per heavy atom. The molecule has 3 aromatic rings. The predicted octanol–water partition coefficient (Wildman–Crippen LogP) is 3.47.